The van der Waals surface area contributed by atoms with Gasteiger partial charge in [0.1, 0.15) is 18.2 Å². The Morgan fingerprint density at radius 1 is 1.21 bits per heavy atom. The lowest BCUT2D eigenvalue weighted by Crippen LogP contribution is -2.01. The summed E-state index contributed by atoms with van der Waals surface area (Å²) in [5, 5.41) is 3.19. The fourth-order valence-corrected chi connectivity index (χ4v) is 2.09. The molecule has 0 atom stereocenters. The Balaban J connectivity index is 1.95. The van der Waals surface area contributed by atoms with E-state index in [-0.39, 0.29) is 0 Å². The minimum Gasteiger partial charge on any atom is -0.489 e. The summed E-state index contributed by atoms with van der Waals surface area (Å²) < 4.78 is 5.76. The zero-order valence-corrected chi connectivity index (χ0v) is 12.0. The van der Waals surface area contributed by atoms with Crippen molar-refractivity contribution in [1.29, 1.82) is 0 Å². The molecule has 3 nitrogen and oxygen atoms in total. The third kappa shape index (κ3) is 4.17. The highest BCUT2D eigenvalue weighted by atomic mass is 32.2. The molecule has 0 bridgehead atoms. The highest BCUT2D eigenvalue weighted by Gasteiger charge is 1.99. The lowest BCUT2D eigenvalue weighted by atomic mass is 10.2. The second kappa shape index (κ2) is 7.04. The van der Waals surface area contributed by atoms with Crippen LogP contribution in [0, 0.1) is 0 Å². The second-order valence-corrected chi connectivity index (χ2v) is 4.92. The summed E-state index contributed by atoms with van der Waals surface area (Å²) in [6.45, 7) is 3.48. The van der Waals surface area contributed by atoms with Crippen LogP contribution in [0.2, 0.25) is 0 Å². The van der Waals surface area contributed by atoms with Crippen molar-refractivity contribution in [3.05, 3.63) is 48.2 Å². The Hall–Kier alpha value is -1.68. The van der Waals surface area contributed by atoms with E-state index in [9.17, 15) is 0 Å². The van der Waals surface area contributed by atoms with Gasteiger partial charge in [-0.3, -0.25) is 0 Å². The van der Waals surface area contributed by atoms with E-state index in [2.05, 4.69) is 35.6 Å². The Morgan fingerprint density at radius 2 is 2.00 bits per heavy atom. The number of nitrogens with zero attached hydrogens (tertiary/aromatic N) is 1. The molecule has 2 rings (SSSR count). The van der Waals surface area contributed by atoms with Crippen LogP contribution in [0.15, 0.2) is 47.5 Å². The van der Waals surface area contributed by atoms with Crippen LogP contribution >= 0.6 is 11.8 Å². The van der Waals surface area contributed by atoms with Crippen molar-refractivity contribution in [3.63, 3.8) is 0 Å². The van der Waals surface area contributed by atoms with E-state index in [1.54, 1.807) is 18.0 Å². The molecular formula is C15H18N2OS. The van der Waals surface area contributed by atoms with E-state index in [1.807, 2.05) is 24.3 Å². The number of benzene rings is 1. The molecule has 100 valence electrons. The van der Waals surface area contributed by atoms with Gasteiger partial charge in [-0.15, -0.1) is 11.8 Å². The maximum absolute atomic E-state index is 5.76. The third-order valence-electron chi connectivity index (χ3n) is 2.65. The van der Waals surface area contributed by atoms with E-state index < -0.39 is 0 Å². The Labute approximate surface area is 118 Å². The van der Waals surface area contributed by atoms with Crippen molar-refractivity contribution in [2.24, 2.45) is 0 Å². The van der Waals surface area contributed by atoms with Crippen molar-refractivity contribution >= 4 is 17.6 Å². The molecular weight excluding hydrogens is 256 g/mol. The van der Waals surface area contributed by atoms with Crippen molar-refractivity contribution in [1.82, 2.24) is 4.98 Å². The monoisotopic (exact) mass is 274 g/mol. The number of pyridine rings is 1. The van der Waals surface area contributed by atoms with Gasteiger partial charge in [-0.2, -0.15) is 0 Å². The number of rotatable bonds is 6. The number of thioether (sulfide) groups is 1. The van der Waals surface area contributed by atoms with Gasteiger partial charge in [0.2, 0.25) is 0 Å². The first-order valence-electron chi connectivity index (χ1n) is 6.27. The molecule has 0 saturated carbocycles. The summed E-state index contributed by atoms with van der Waals surface area (Å²) in [5.74, 6) is 1.78. The largest absolute Gasteiger partial charge is 0.489 e. The minimum absolute atomic E-state index is 0.555. The highest BCUT2D eigenvalue weighted by molar-refractivity contribution is 7.98. The molecule has 1 heterocycles. The standard InChI is InChI=1S/C15H18N2OS/c1-3-16-15-10-12(8-9-17-15)11-18-13-4-6-14(19-2)7-5-13/h4-10H,3,11H2,1-2H3,(H,16,17). The molecule has 0 spiro atoms. The van der Waals surface area contributed by atoms with Gasteiger partial charge in [0.15, 0.2) is 0 Å². The molecule has 2 aromatic rings. The van der Waals surface area contributed by atoms with Crippen molar-refractivity contribution in [2.45, 2.75) is 18.4 Å². The maximum atomic E-state index is 5.76. The molecule has 0 aliphatic heterocycles. The van der Waals surface area contributed by atoms with Gasteiger partial charge in [-0.25, -0.2) is 4.98 Å². The predicted octanol–water partition coefficient (Wildman–Crippen LogP) is 3.81. The summed E-state index contributed by atoms with van der Waals surface area (Å²) in [7, 11) is 0. The first-order chi connectivity index (χ1) is 9.31. The van der Waals surface area contributed by atoms with Crippen molar-refractivity contribution in [2.75, 3.05) is 18.1 Å². The number of aromatic nitrogens is 1. The summed E-state index contributed by atoms with van der Waals surface area (Å²) in [6, 6.07) is 12.1. The van der Waals surface area contributed by atoms with Crippen LogP contribution in [0.1, 0.15) is 12.5 Å². The first kappa shape index (κ1) is 13.7. The maximum Gasteiger partial charge on any atom is 0.126 e. The van der Waals surface area contributed by atoms with Crippen molar-refractivity contribution < 1.29 is 4.74 Å². The smallest absolute Gasteiger partial charge is 0.126 e. The molecule has 0 unspecified atom stereocenters. The Kier molecular flexibility index (Phi) is 5.10. The van der Waals surface area contributed by atoms with Gasteiger partial charge in [0, 0.05) is 17.6 Å². The van der Waals surface area contributed by atoms with Crippen LogP contribution in [-0.2, 0) is 6.61 Å². The first-order valence-corrected chi connectivity index (χ1v) is 7.50. The average molecular weight is 274 g/mol. The number of nitrogens with one attached hydrogen (secondary N) is 1. The normalized spacial score (nSPS) is 10.2. The SMILES string of the molecule is CCNc1cc(COc2ccc(SC)cc2)ccn1. The second-order valence-electron chi connectivity index (χ2n) is 4.04. The fraction of sp³-hybridized carbons (Fsp3) is 0.267. The highest BCUT2D eigenvalue weighted by Crippen LogP contribution is 2.20. The minimum atomic E-state index is 0.555. The third-order valence-corrected chi connectivity index (χ3v) is 3.39. The zero-order valence-electron chi connectivity index (χ0n) is 11.2. The van der Waals surface area contributed by atoms with Crippen LogP contribution in [0.3, 0.4) is 0 Å². The predicted molar refractivity (Wildman–Crippen MR) is 81.0 cm³/mol. The van der Waals surface area contributed by atoms with Gasteiger partial charge < -0.3 is 10.1 Å². The van der Waals surface area contributed by atoms with E-state index in [4.69, 9.17) is 4.74 Å². The molecule has 0 amide bonds. The molecule has 0 saturated heterocycles. The van der Waals surface area contributed by atoms with Crippen LogP contribution < -0.4 is 10.1 Å². The molecule has 0 aliphatic rings. The number of hydrogen-bond donors (Lipinski definition) is 1. The van der Waals surface area contributed by atoms with E-state index in [0.717, 1.165) is 23.7 Å². The molecule has 19 heavy (non-hydrogen) atoms. The molecule has 4 heteroatoms. The van der Waals surface area contributed by atoms with Gasteiger partial charge in [0.05, 0.1) is 0 Å². The van der Waals surface area contributed by atoms with Crippen LogP contribution in [0.5, 0.6) is 5.75 Å². The lowest BCUT2D eigenvalue weighted by molar-refractivity contribution is 0.306. The van der Waals surface area contributed by atoms with Crippen LogP contribution in [0.4, 0.5) is 5.82 Å². The summed E-state index contributed by atoms with van der Waals surface area (Å²) in [5.41, 5.74) is 1.11. The van der Waals surface area contributed by atoms with E-state index in [1.165, 1.54) is 4.90 Å². The summed E-state index contributed by atoms with van der Waals surface area (Å²) in [6.07, 6.45) is 3.86. The Bertz CT molecular complexity index is 514. The number of anilines is 1. The molecule has 0 aliphatic carbocycles. The summed E-state index contributed by atoms with van der Waals surface area (Å²) in [4.78, 5) is 5.48. The molecule has 1 aromatic heterocycles. The Morgan fingerprint density at radius 3 is 2.68 bits per heavy atom. The molecule has 0 fully saturated rings. The lowest BCUT2D eigenvalue weighted by Gasteiger charge is -2.08. The summed E-state index contributed by atoms with van der Waals surface area (Å²) >= 11 is 1.73. The molecule has 0 radical (unpaired) electrons. The molecule has 1 N–H and O–H groups in total. The van der Waals surface area contributed by atoms with Gasteiger partial charge in [0.25, 0.3) is 0 Å². The quantitative estimate of drug-likeness (QED) is 0.812. The van der Waals surface area contributed by atoms with E-state index in [0.29, 0.717) is 6.61 Å². The van der Waals surface area contributed by atoms with Crippen molar-refractivity contribution in [3.8, 4) is 5.75 Å². The zero-order chi connectivity index (χ0) is 13.5. The molecule has 1 aromatic carbocycles. The number of hydrogen-bond acceptors (Lipinski definition) is 4. The topological polar surface area (TPSA) is 34.1 Å². The fourth-order valence-electron chi connectivity index (χ4n) is 1.68. The average Bonchev–Trinajstić information content (AvgIpc) is 2.46. The van der Waals surface area contributed by atoms with Crippen LogP contribution in [-0.4, -0.2) is 17.8 Å². The number of ether oxygens (including phenoxy) is 1. The van der Waals surface area contributed by atoms with E-state index >= 15 is 0 Å². The van der Waals surface area contributed by atoms with Gasteiger partial charge in [-0.1, -0.05) is 0 Å². The van der Waals surface area contributed by atoms with Gasteiger partial charge >= 0.3 is 0 Å². The van der Waals surface area contributed by atoms with Crippen LogP contribution in [0.25, 0.3) is 0 Å². The van der Waals surface area contributed by atoms with Gasteiger partial charge in [-0.05, 0) is 55.1 Å².